The Morgan fingerprint density at radius 1 is 1.33 bits per heavy atom. The summed E-state index contributed by atoms with van der Waals surface area (Å²) >= 11 is 3.62. The molecule has 0 aromatic heterocycles. The monoisotopic (exact) mass is 355 g/mol. The molecule has 0 aliphatic rings. The molecule has 0 spiro atoms. The van der Waals surface area contributed by atoms with Crippen molar-refractivity contribution in [3.8, 4) is 0 Å². The van der Waals surface area contributed by atoms with Gasteiger partial charge in [0.2, 0.25) is 5.91 Å². The Morgan fingerprint density at radius 2 is 2.00 bits per heavy atom. The fourth-order valence-electron chi connectivity index (χ4n) is 1.85. The number of benzene rings is 1. The molecule has 5 heteroatoms. The van der Waals surface area contributed by atoms with Gasteiger partial charge in [0.05, 0.1) is 5.69 Å². The summed E-state index contributed by atoms with van der Waals surface area (Å²) in [7, 11) is 3.66. The van der Waals surface area contributed by atoms with Crippen LogP contribution in [0.4, 0.5) is 5.69 Å². The highest BCUT2D eigenvalue weighted by atomic mass is 79.9. The number of anilines is 1. The van der Waals surface area contributed by atoms with Crippen molar-refractivity contribution < 1.29 is 4.79 Å². The molecule has 0 aliphatic heterocycles. The maximum atomic E-state index is 11.3. The van der Waals surface area contributed by atoms with Crippen LogP contribution in [0.15, 0.2) is 22.7 Å². The number of rotatable bonds is 6. The summed E-state index contributed by atoms with van der Waals surface area (Å²) in [6, 6.07) is 6.34. The summed E-state index contributed by atoms with van der Waals surface area (Å²) < 4.78 is 1.05. The number of nitrogens with one attached hydrogen (secondary N) is 2. The van der Waals surface area contributed by atoms with E-state index in [0.29, 0.717) is 13.0 Å². The second-order valence-corrected chi connectivity index (χ2v) is 7.09. The van der Waals surface area contributed by atoms with Crippen molar-refractivity contribution in [2.24, 2.45) is 0 Å². The minimum atomic E-state index is 0.0592. The van der Waals surface area contributed by atoms with Gasteiger partial charge in [-0.2, -0.15) is 0 Å². The normalized spacial score (nSPS) is 11.3. The van der Waals surface area contributed by atoms with E-state index in [1.165, 1.54) is 5.56 Å². The molecule has 21 heavy (non-hydrogen) atoms. The average Bonchev–Trinajstić information content (AvgIpc) is 2.41. The summed E-state index contributed by atoms with van der Waals surface area (Å²) in [6.07, 6.45) is 0.493. The van der Waals surface area contributed by atoms with Crippen molar-refractivity contribution in [2.75, 3.05) is 25.5 Å². The standard InChI is InChI=1S/C16H26BrN3O/c1-16(2,3)19-11-12-6-7-14(13(17)10-12)20(5)9-8-15(21)18-4/h6-7,10,19H,8-9,11H2,1-5H3,(H,18,21). The van der Waals surface area contributed by atoms with Gasteiger partial charge in [-0.3, -0.25) is 4.79 Å². The Kier molecular flexibility index (Phi) is 6.68. The van der Waals surface area contributed by atoms with E-state index >= 15 is 0 Å². The maximum absolute atomic E-state index is 11.3. The minimum absolute atomic E-state index is 0.0592. The van der Waals surface area contributed by atoms with Crippen LogP contribution >= 0.6 is 15.9 Å². The molecule has 0 saturated carbocycles. The van der Waals surface area contributed by atoms with Gasteiger partial charge in [0, 0.05) is 43.6 Å². The molecule has 4 nitrogen and oxygen atoms in total. The first-order chi connectivity index (χ1) is 9.73. The Morgan fingerprint density at radius 3 is 2.52 bits per heavy atom. The lowest BCUT2D eigenvalue weighted by Gasteiger charge is -2.23. The Bertz CT molecular complexity index is 483. The molecule has 1 aromatic carbocycles. The third-order valence-corrected chi connectivity index (χ3v) is 3.83. The lowest BCUT2D eigenvalue weighted by molar-refractivity contribution is -0.120. The molecule has 0 heterocycles. The number of hydrogen-bond acceptors (Lipinski definition) is 3. The van der Waals surface area contributed by atoms with Crippen LogP contribution in [0, 0.1) is 0 Å². The predicted octanol–water partition coefficient (Wildman–Crippen LogP) is 2.91. The zero-order valence-corrected chi connectivity index (χ0v) is 15.2. The van der Waals surface area contributed by atoms with Crippen LogP contribution < -0.4 is 15.5 Å². The summed E-state index contributed by atoms with van der Waals surface area (Å²) in [6.45, 7) is 8.00. The van der Waals surface area contributed by atoms with Gasteiger partial charge in [0.1, 0.15) is 0 Å². The molecule has 0 aliphatic carbocycles. The lowest BCUT2D eigenvalue weighted by atomic mass is 10.1. The lowest BCUT2D eigenvalue weighted by Crippen LogP contribution is -2.35. The van der Waals surface area contributed by atoms with E-state index in [0.717, 1.165) is 16.7 Å². The Balaban J connectivity index is 2.67. The Hall–Kier alpha value is -1.07. The van der Waals surface area contributed by atoms with Crippen LogP contribution in [0.2, 0.25) is 0 Å². The molecule has 1 aromatic rings. The molecular weight excluding hydrogens is 330 g/mol. The van der Waals surface area contributed by atoms with Crippen LogP contribution in [0.5, 0.6) is 0 Å². The first kappa shape index (κ1) is 18.0. The van der Waals surface area contributed by atoms with Gasteiger partial charge in [-0.25, -0.2) is 0 Å². The van der Waals surface area contributed by atoms with E-state index in [-0.39, 0.29) is 11.4 Å². The topological polar surface area (TPSA) is 44.4 Å². The quantitative estimate of drug-likeness (QED) is 0.824. The number of carbonyl (C=O) groups excluding carboxylic acids is 1. The van der Waals surface area contributed by atoms with Crippen molar-refractivity contribution in [1.29, 1.82) is 0 Å². The Labute approximate surface area is 136 Å². The molecule has 0 bridgehead atoms. The van der Waals surface area contributed by atoms with Gasteiger partial charge < -0.3 is 15.5 Å². The van der Waals surface area contributed by atoms with Crippen molar-refractivity contribution >= 4 is 27.5 Å². The molecule has 1 amide bonds. The molecule has 0 fully saturated rings. The third-order valence-electron chi connectivity index (χ3n) is 3.20. The fourth-order valence-corrected chi connectivity index (χ4v) is 2.58. The highest BCUT2D eigenvalue weighted by Crippen LogP contribution is 2.27. The molecule has 2 N–H and O–H groups in total. The molecule has 0 radical (unpaired) electrons. The number of nitrogens with zero attached hydrogens (tertiary/aromatic N) is 1. The van der Waals surface area contributed by atoms with E-state index in [2.05, 4.69) is 70.4 Å². The third kappa shape index (κ3) is 6.48. The minimum Gasteiger partial charge on any atom is -0.373 e. The number of halogens is 1. The van der Waals surface area contributed by atoms with Crippen LogP contribution in [0.25, 0.3) is 0 Å². The fraction of sp³-hybridized carbons (Fsp3) is 0.562. The highest BCUT2D eigenvalue weighted by Gasteiger charge is 2.11. The summed E-state index contributed by atoms with van der Waals surface area (Å²) in [5.74, 6) is 0.0592. The molecular formula is C16H26BrN3O. The zero-order chi connectivity index (χ0) is 16.0. The summed E-state index contributed by atoms with van der Waals surface area (Å²) in [5.41, 5.74) is 2.44. The maximum Gasteiger partial charge on any atom is 0.221 e. The first-order valence-electron chi connectivity index (χ1n) is 7.18. The molecule has 1 rings (SSSR count). The van der Waals surface area contributed by atoms with E-state index in [1.807, 2.05) is 7.05 Å². The van der Waals surface area contributed by atoms with Crippen LogP contribution in [-0.4, -0.2) is 32.1 Å². The second kappa shape index (κ2) is 7.80. The first-order valence-corrected chi connectivity index (χ1v) is 7.97. The van der Waals surface area contributed by atoms with Crippen LogP contribution in [0.3, 0.4) is 0 Å². The van der Waals surface area contributed by atoms with Gasteiger partial charge in [-0.15, -0.1) is 0 Å². The van der Waals surface area contributed by atoms with Crippen LogP contribution in [-0.2, 0) is 11.3 Å². The van der Waals surface area contributed by atoms with Gasteiger partial charge >= 0.3 is 0 Å². The summed E-state index contributed by atoms with van der Waals surface area (Å²) in [5, 5.41) is 6.12. The second-order valence-electron chi connectivity index (χ2n) is 6.23. The van der Waals surface area contributed by atoms with Gasteiger partial charge in [0.25, 0.3) is 0 Å². The largest absolute Gasteiger partial charge is 0.373 e. The predicted molar refractivity (Wildman–Crippen MR) is 92.7 cm³/mol. The van der Waals surface area contributed by atoms with Gasteiger partial charge in [0.15, 0.2) is 0 Å². The number of amides is 1. The van der Waals surface area contributed by atoms with E-state index in [9.17, 15) is 4.79 Å². The van der Waals surface area contributed by atoms with E-state index < -0.39 is 0 Å². The molecule has 118 valence electrons. The van der Waals surface area contributed by atoms with Gasteiger partial charge in [-0.05, 0) is 54.4 Å². The van der Waals surface area contributed by atoms with Crippen molar-refractivity contribution in [3.63, 3.8) is 0 Å². The molecule has 0 saturated heterocycles. The molecule has 0 atom stereocenters. The highest BCUT2D eigenvalue weighted by molar-refractivity contribution is 9.10. The van der Waals surface area contributed by atoms with E-state index in [1.54, 1.807) is 7.05 Å². The van der Waals surface area contributed by atoms with Crippen molar-refractivity contribution in [2.45, 2.75) is 39.3 Å². The van der Waals surface area contributed by atoms with Crippen molar-refractivity contribution in [3.05, 3.63) is 28.2 Å². The average molecular weight is 356 g/mol. The summed E-state index contributed by atoms with van der Waals surface area (Å²) in [4.78, 5) is 13.4. The SMILES string of the molecule is CNC(=O)CCN(C)c1ccc(CNC(C)(C)C)cc1Br. The molecule has 0 unspecified atom stereocenters. The smallest absolute Gasteiger partial charge is 0.221 e. The van der Waals surface area contributed by atoms with Crippen LogP contribution in [0.1, 0.15) is 32.8 Å². The van der Waals surface area contributed by atoms with E-state index in [4.69, 9.17) is 0 Å². The number of hydrogen-bond donors (Lipinski definition) is 2. The zero-order valence-electron chi connectivity index (χ0n) is 13.6. The number of carbonyl (C=O) groups is 1. The van der Waals surface area contributed by atoms with Crippen molar-refractivity contribution in [1.82, 2.24) is 10.6 Å². The van der Waals surface area contributed by atoms with Gasteiger partial charge in [-0.1, -0.05) is 6.07 Å².